The van der Waals surface area contributed by atoms with Gasteiger partial charge in [0.1, 0.15) is 12.4 Å². The Bertz CT molecular complexity index is 856. The molecule has 0 unspecified atom stereocenters. The van der Waals surface area contributed by atoms with Crippen molar-refractivity contribution in [2.24, 2.45) is 0 Å². The zero-order chi connectivity index (χ0) is 17.8. The highest BCUT2D eigenvalue weighted by molar-refractivity contribution is 5.23. The largest absolute Gasteiger partial charge is 0.389 e. The lowest BCUT2D eigenvalue weighted by molar-refractivity contribution is -0.385. The van der Waals surface area contributed by atoms with E-state index < -0.39 is 11.0 Å². The van der Waals surface area contributed by atoms with Crippen LogP contribution in [0.4, 0.5) is 5.69 Å². The summed E-state index contributed by atoms with van der Waals surface area (Å²) in [5.74, 6) is 0.561. The third-order valence-electron chi connectivity index (χ3n) is 3.58. The Morgan fingerprint density at radius 3 is 2.72 bits per heavy atom. The number of aliphatic hydroxyl groups excluding tert-OH is 1. The summed E-state index contributed by atoms with van der Waals surface area (Å²) in [5, 5.41) is 36.7. The van der Waals surface area contributed by atoms with Crippen molar-refractivity contribution >= 4 is 5.69 Å². The molecule has 130 valence electrons. The lowest BCUT2D eigenvalue weighted by Gasteiger charge is -2.08. The highest BCUT2D eigenvalue weighted by Gasteiger charge is 2.14. The standard InChI is InChI=1S/C15H17N7O3/c1-11-2-4-12(5-3-11)6-15-17-19-21(18-15)10-14(23)9-20-8-13(7-16-20)22(24)25/h2-5,7-8,14,23H,6,9-10H2,1H3/t14-/m0/s1. The molecule has 0 amide bonds. The van der Waals surface area contributed by atoms with Gasteiger partial charge in [-0.1, -0.05) is 29.8 Å². The smallest absolute Gasteiger partial charge is 0.306 e. The van der Waals surface area contributed by atoms with Gasteiger partial charge in [-0.05, 0) is 17.7 Å². The fraction of sp³-hybridized carbons (Fsp3) is 0.333. The fourth-order valence-electron chi connectivity index (χ4n) is 2.32. The van der Waals surface area contributed by atoms with Gasteiger partial charge in [-0.2, -0.15) is 9.90 Å². The van der Waals surface area contributed by atoms with Gasteiger partial charge in [0.05, 0.1) is 24.1 Å². The molecular weight excluding hydrogens is 326 g/mol. The highest BCUT2D eigenvalue weighted by atomic mass is 16.6. The van der Waals surface area contributed by atoms with Gasteiger partial charge >= 0.3 is 5.69 Å². The van der Waals surface area contributed by atoms with Gasteiger partial charge in [0.15, 0.2) is 5.82 Å². The lowest BCUT2D eigenvalue weighted by atomic mass is 10.1. The molecule has 2 heterocycles. The van der Waals surface area contributed by atoms with Gasteiger partial charge < -0.3 is 5.11 Å². The number of aryl methyl sites for hydroxylation is 1. The van der Waals surface area contributed by atoms with E-state index >= 15 is 0 Å². The monoisotopic (exact) mass is 343 g/mol. The number of hydrogen-bond acceptors (Lipinski definition) is 7. The molecule has 0 aliphatic carbocycles. The molecule has 0 spiro atoms. The normalized spacial score (nSPS) is 12.2. The van der Waals surface area contributed by atoms with E-state index in [1.807, 2.05) is 31.2 Å². The van der Waals surface area contributed by atoms with Gasteiger partial charge in [-0.15, -0.1) is 10.2 Å². The van der Waals surface area contributed by atoms with Crippen molar-refractivity contribution in [2.45, 2.75) is 32.5 Å². The number of aromatic nitrogens is 6. The van der Waals surface area contributed by atoms with Gasteiger partial charge in [0.25, 0.3) is 0 Å². The molecule has 0 aliphatic heterocycles. The average Bonchev–Trinajstić information content (AvgIpc) is 3.19. The number of tetrazole rings is 1. The first-order chi connectivity index (χ1) is 12.0. The van der Waals surface area contributed by atoms with Crippen LogP contribution in [0.25, 0.3) is 0 Å². The molecule has 1 aromatic carbocycles. The summed E-state index contributed by atoms with van der Waals surface area (Å²) in [5.41, 5.74) is 2.14. The highest BCUT2D eigenvalue weighted by Crippen LogP contribution is 2.09. The predicted octanol–water partition coefficient (Wildman–Crippen LogP) is 0.738. The molecule has 10 heteroatoms. The Balaban J connectivity index is 1.56. The molecule has 0 radical (unpaired) electrons. The molecular formula is C15H17N7O3. The Labute approximate surface area is 142 Å². The summed E-state index contributed by atoms with van der Waals surface area (Å²) in [6.07, 6.45) is 2.11. The molecule has 10 nitrogen and oxygen atoms in total. The van der Waals surface area contributed by atoms with E-state index in [1.54, 1.807) is 0 Å². The van der Waals surface area contributed by atoms with Crippen molar-refractivity contribution in [1.29, 1.82) is 0 Å². The van der Waals surface area contributed by atoms with Crippen LogP contribution in [0.1, 0.15) is 17.0 Å². The Morgan fingerprint density at radius 2 is 2.04 bits per heavy atom. The van der Waals surface area contributed by atoms with E-state index in [0.717, 1.165) is 11.8 Å². The van der Waals surface area contributed by atoms with E-state index in [0.29, 0.717) is 12.2 Å². The van der Waals surface area contributed by atoms with Gasteiger partial charge in [0.2, 0.25) is 0 Å². The quantitative estimate of drug-likeness (QED) is 0.495. The minimum absolute atomic E-state index is 0.0999. The minimum atomic E-state index is -0.846. The summed E-state index contributed by atoms with van der Waals surface area (Å²) in [6, 6.07) is 8.06. The zero-order valence-electron chi connectivity index (χ0n) is 13.6. The number of benzene rings is 1. The molecule has 25 heavy (non-hydrogen) atoms. The van der Waals surface area contributed by atoms with Crippen LogP contribution < -0.4 is 0 Å². The molecule has 0 saturated carbocycles. The van der Waals surface area contributed by atoms with E-state index in [-0.39, 0.29) is 18.8 Å². The molecule has 1 N–H and O–H groups in total. The first kappa shape index (κ1) is 16.7. The van der Waals surface area contributed by atoms with Crippen LogP contribution in [0.3, 0.4) is 0 Å². The van der Waals surface area contributed by atoms with Gasteiger partial charge in [0, 0.05) is 6.42 Å². The summed E-state index contributed by atoms with van der Waals surface area (Å²) in [7, 11) is 0. The first-order valence-corrected chi connectivity index (χ1v) is 7.67. The summed E-state index contributed by atoms with van der Waals surface area (Å²) < 4.78 is 1.31. The van der Waals surface area contributed by atoms with E-state index in [1.165, 1.54) is 21.2 Å². The predicted molar refractivity (Wildman–Crippen MR) is 86.7 cm³/mol. The number of nitrogens with zero attached hydrogens (tertiary/aromatic N) is 7. The SMILES string of the molecule is Cc1ccc(Cc2nnn(C[C@@H](O)Cn3cc([N+](=O)[O-])cn3)n2)cc1. The maximum atomic E-state index is 10.6. The van der Waals surface area contributed by atoms with Crippen LogP contribution in [0.15, 0.2) is 36.7 Å². The summed E-state index contributed by atoms with van der Waals surface area (Å²) >= 11 is 0. The van der Waals surface area contributed by atoms with Crippen LogP contribution >= 0.6 is 0 Å². The fourth-order valence-corrected chi connectivity index (χ4v) is 2.32. The van der Waals surface area contributed by atoms with Crippen LogP contribution in [-0.2, 0) is 19.5 Å². The van der Waals surface area contributed by atoms with Crippen molar-refractivity contribution in [3.05, 3.63) is 63.7 Å². The Hall–Kier alpha value is -3.14. The second kappa shape index (κ2) is 7.18. The van der Waals surface area contributed by atoms with E-state index in [4.69, 9.17) is 0 Å². The molecule has 1 atom stereocenters. The van der Waals surface area contributed by atoms with Crippen molar-refractivity contribution in [1.82, 2.24) is 30.0 Å². The maximum absolute atomic E-state index is 10.6. The third-order valence-corrected chi connectivity index (χ3v) is 3.58. The number of aliphatic hydroxyl groups is 1. The van der Waals surface area contributed by atoms with E-state index in [2.05, 4.69) is 20.5 Å². The van der Waals surface area contributed by atoms with Gasteiger partial charge in [-0.3, -0.25) is 14.8 Å². The molecule has 0 saturated heterocycles. The van der Waals surface area contributed by atoms with Crippen molar-refractivity contribution in [3.8, 4) is 0 Å². The minimum Gasteiger partial charge on any atom is -0.389 e. The number of hydrogen-bond donors (Lipinski definition) is 1. The Morgan fingerprint density at radius 1 is 1.28 bits per heavy atom. The Kier molecular flexibility index (Phi) is 4.80. The summed E-state index contributed by atoms with van der Waals surface area (Å²) in [6.45, 7) is 2.24. The molecule has 0 bridgehead atoms. The average molecular weight is 343 g/mol. The zero-order valence-corrected chi connectivity index (χ0v) is 13.6. The van der Waals surface area contributed by atoms with Crippen molar-refractivity contribution in [3.63, 3.8) is 0 Å². The second-order valence-corrected chi connectivity index (χ2v) is 5.75. The van der Waals surface area contributed by atoms with Crippen molar-refractivity contribution in [2.75, 3.05) is 0 Å². The van der Waals surface area contributed by atoms with Crippen LogP contribution in [0.2, 0.25) is 0 Å². The first-order valence-electron chi connectivity index (χ1n) is 7.67. The van der Waals surface area contributed by atoms with E-state index in [9.17, 15) is 15.2 Å². The molecule has 3 rings (SSSR count). The third kappa shape index (κ3) is 4.44. The summed E-state index contributed by atoms with van der Waals surface area (Å²) in [4.78, 5) is 11.4. The van der Waals surface area contributed by atoms with Gasteiger partial charge in [-0.25, -0.2) is 0 Å². The van der Waals surface area contributed by atoms with Crippen LogP contribution in [0, 0.1) is 17.0 Å². The molecule has 2 aromatic heterocycles. The number of rotatable bonds is 7. The lowest BCUT2D eigenvalue weighted by Crippen LogP contribution is -2.23. The molecule has 0 fully saturated rings. The van der Waals surface area contributed by atoms with Crippen LogP contribution in [0.5, 0.6) is 0 Å². The molecule has 0 aliphatic rings. The number of nitro groups is 1. The topological polar surface area (TPSA) is 125 Å². The second-order valence-electron chi connectivity index (χ2n) is 5.75. The van der Waals surface area contributed by atoms with Crippen molar-refractivity contribution < 1.29 is 10.0 Å². The molecule has 3 aromatic rings. The van der Waals surface area contributed by atoms with Crippen LogP contribution in [-0.4, -0.2) is 46.1 Å². The maximum Gasteiger partial charge on any atom is 0.306 e.